The molecule has 1 aromatic heterocycles. The average Bonchev–Trinajstić information content (AvgIpc) is 3.15. The largest absolute Gasteiger partial charge is 0.494 e. The van der Waals surface area contributed by atoms with E-state index in [9.17, 15) is 24.3 Å². The molecule has 0 saturated heterocycles. The molecule has 0 saturated carbocycles. The number of carbonyl (C=O) groups is 4. The number of fused-ring (bicyclic) bond motifs is 1. The molecule has 184 valence electrons. The molecule has 2 rings (SSSR count). The Balaban J connectivity index is 2.40. The van der Waals surface area contributed by atoms with E-state index in [-0.39, 0.29) is 18.1 Å². The number of methoxy groups -OCH3 is 1. The number of rotatable bonds is 11. The minimum atomic E-state index is -1.69. The monoisotopic (exact) mass is 477 g/mol. The van der Waals surface area contributed by atoms with Gasteiger partial charge in [-0.05, 0) is 25.5 Å². The van der Waals surface area contributed by atoms with Crippen molar-refractivity contribution in [2.45, 2.75) is 32.5 Å². The first kappa shape index (κ1) is 26.0. The van der Waals surface area contributed by atoms with Gasteiger partial charge in [-0.1, -0.05) is 19.6 Å². The van der Waals surface area contributed by atoms with Crippen molar-refractivity contribution in [3.63, 3.8) is 0 Å². The molecule has 0 radical (unpaired) electrons. The van der Waals surface area contributed by atoms with Crippen LogP contribution in [-0.2, 0) is 19.1 Å². The zero-order valence-electron chi connectivity index (χ0n) is 19.0. The molecule has 13 nitrogen and oxygen atoms in total. The number of imidazole rings is 1. The predicted octanol–water partition coefficient (Wildman–Crippen LogP) is 2.00. The summed E-state index contributed by atoms with van der Waals surface area (Å²) in [5, 5.41) is 16.8. The molecule has 34 heavy (non-hydrogen) atoms. The van der Waals surface area contributed by atoms with E-state index < -0.39 is 36.3 Å². The van der Waals surface area contributed by atoms with Gasteiger partial charge in [0.25, 0.3) is 0 Å². The molecule has 1 aromatic carbocycles. The number of nitrogens with one attached hydrogen (secondary N) is 3. The summed E-state index contributed by atoms with van der Waals surface area (Å²) in [6.45, 7) is 7.10. The van der Waals surface area contributed by atoms with E-state index in [0.717, 1.165) is 18.1 Å². The van der Waals surface area contributed by atoms with Crippen molar-refractivity contribution in [3.8, 4) is 5.75 Å². The Labute approximate surface area is 195 Å². The Morgan fingerprint density at radius 3 is 2.59 bits per heavy atom. The number of carboxylic acid groups (broad SMARTS) is 1. The van der Waals surface area contributed by atoms with Gasteiger partial charge in [-0.25, -0.2) is 19.4 Å². The second-order valence-electron chi connectivity index (χ2n) is 6.92. The molecule has 0 aliphatic carbocycles. The first-order valence-electron chi connectivity index (χ1n) is 10.3. The molecule has 13 heteroatoms. The third-order valence-electron chi connectivity index (χ3n) is 4.36. The highest BCUT2D eigenvalue weighted by Gasteiger charge is 2.30. The Hall–Kier alpha value is -4.29. The van der Waals surface area contributed by atoms with Gasteiger partial charge in [0, 0.05) is 6.07 Å². The molecule has 3 amide bonds. The van der Waals surface area contributed by atoms with E-state index >= 15 is 0 Å². The zero-order valence-corrected chi connectivity index (χ0v) is 19.0. The van der Waals surface area contributed by atoms with Gasteiger partial charge in [0.15, 0.2) is 0 Å². The van der Waals surface area contributed by atoms with Gasteiger partial charge in [-0.2, -0.15) is 0 Å². The van der Waals surface area contributed by atoms with Gasteiger partial charge in [-0.15, -0.1) is 0 Å². The molecular formula is C21H27N5O8. The van der Waals surface area contributed by atoms with Crippen molar-refractivity contribution >= 4 is 41.0 Å². The minimum Gasteiger partial charge on any atom is -0.494 e. The maximum absolute atomic E-state index is 12.6. The summed E-state index contributed by atoms with van der Waals surface area (Å²) in [5.41, 5.74) is 0.591. The van der Waals surface area contributed by atoms with Crippen LogP contribution in [0.3, 0.4) is 0 Å². The van der Waals surface area contributed by atoms with Crippen LogP contribution in [0, 0.1) is 0 Å². The van der Waals surface area contributed by atoms with Crippen LogP contribution in [0.15, 0.2) is 30.9 Å². The van der Waals surface area contributed by atoms with Gasteiger partial charge in [0.1, 0.15) is 18.4 Å². The van der Waals surface area contributed by atoms with Crippen LogP contribution in [0.4, 0.5) is 15.5 Å². The summed E-state index contributed by atoms with van der Waals surface area (Å²) in [6, 6.07) is 3.59. The van der Waals surface area contributed by atoms with Crippen molar-refractivity contribution in [1.29, 1.82) is 0 Å². The van der Waals surface area contributed by atoms with E-state index in [1.165, 1.54) is 13.0 Å². The maximum Gasteiger partial charge on any atom is 0.413 e. The highest BCUT2D eigenvalue weighted by Crippen LogP contribution is 2.27. The number of aromatic nitrogens is 2. The van der Waals surface area contributed by atoms with Crippen LogP contribution < -0.4 is 20.7 Å². The number of anilines is 1. The molecule has 2 atom stereocenters. The van der Waals surface area contributed by atoms with Crippen molar-refractivity contribution in [2.75, 3.05) is 25.6 Å². The number of alkyl carbamates (subject to hydrolysis) is 1. The first-order valence-corrected chi connectivity index (χ1v) is 10.3. The number of carboxylic acids is 1. The maximum atomic E-state index is 12.6. The van der Waals surface area contributed by atoms with Gasteiger partial charge in [0.2, 0.25) is 18.0 Å². The second kappa shape index (κ2) is 12.1. The number of ether oxygens (including phenoxy) is 3. The summed E-state index contributed by atoms with van der Waals surface area (Å²) in [4.78, 5) is 52.5. The topological polar surface area (TPSA) is 170 Å². The molecule has 1 unspecified atom stereocenters. The number of benzene rings is 1. The van der Waals surface area contributed by atoms with E-state index in [4.69, 9.17) is 9.47 Å². The number of carbonyl (C=O) groups excluding carboxylic acids is 3. The molecular weight excluding hydrogens is 450 g/mol. The standard InChI is InChI=1S/C21H27N5O8/c1-5-9-33-13-7-8-15-14(11-13)23-19(25-20(30)32-4)26(15)16(18(28)29)24-17(27)12(3)22-21(31)34-10-6-2/h6-8,11-12,16H,2,5,9-10H2,1,3-4H3,(H,22,31)(H,24,27)(H,28,29)(H,23,25,30)/t12-,16?/m0/s1. The average molecular weight is 477 g/mol. The highest BCUT2D eigenvalue weighted by molar-refractivity contribution is 5.92. The van der Waals surface area contributed by atoms with E-state index in [2.05, 4.69) is 32.3 Å². The van der Waals surface area contributed by atoms with Crippen LogP contribution in [-0.4, -0.2) is 65.1 Å². The van der Waals surface area contributed by atoms with Crippen LogP contribution in [0.2, 0.25) is 0 Å². The fourth-order valence-corrected chi connectivity index (χ4v) is 2.80. The van der Waals surface area contributed by atoms with Crippen LogP contribution >= 0.6 is 0 Å². The van der Waals surface area contributed by atoms with Gasteiger partial charge in [-0.3, -0.25) is 14.7 Å². The zero-order chi connectivity index (χ0) is 25.3. The molecule has 1 heterocycles. The van der Waals surface area contributed by atoms with E-state index in [1.54, 1.807) is 18.2 Å². The number of aliphatic carboxylic acids is 1. The number of hydrogen-bond donors (Lipinski definition) is 4. The minimum absolute atomic E-state index is 0.0640. The number of amides is 3. The summed E-state index contributed by atoms with van der Waals surface area (Å²) >= 11 is 0. The summed E-state index contributed by atoms with van der Waals surface area (Å²) in [7, 11) is 1.13. The van der Waals surface area contributed by atoms with Crippen LogP contribution in [0.25, 0.3) is 11.0 Å². The number of nitrogens with zero attached hydrogens (tertiary/aromatic N) is 2. The van der Waals surface area contributed by atoms with Gasteiger partial charge >= 0.3 is 18.2 Å². The molecule has 0 spiro atoms. The SMILES string of the molecule is C=CCOC(=O)N[C@@H](C)C(=O)NC(C(=O)O)n1c(NC(=O)OC)nc2cc(OCCC)ccc21. The lowest BCUT2D eigenvalue weighted by molar-refractivity contribution is -0.144. The quantitative estimate of drug-likeness (QED) is 0.353. The smallest absolute Gasteiger partial charge is 0.413 e. The summed E-state index contributed by atoms with van der Waals surface area (Å²) in [6.07, 6.45) is -1.34. The van der Waals surface area contributed by atoms with Crippen molar-refractivity contribution in [3.05, 3.63) is 30.9 Å². The molecule has 0 bridgehead atoms. The normalized spacial score (nSPS) is 12.2. The van der Waals surface area contributed by atoms with Crippen LogP contribution in [0.1, 0.15) is 26.4 Å². The van der Waals surface area contributed by atoms with Crippen molar-refractivity contribution < 1.29 is 38.5 Å². The second-order valence-corrected chi connectivity index (χ2v) is 6.92. The lowest BCUT2D eigenvalue weighted by Crippen LogP contribution is -2.48. The predicted molar refractivity (Wildman–Crippen MR) is 121 cm³/mol. The molecule has 0 aliphatic rings. The Morgan fingerprint density at radius 2 is 1.97 bits per heavy atom. The highest BCUT2D eigenvalue weighted by atomic mass is 16.5. The Kier molecular flexibility index (Phi) is 9.23. The number of hydrogen-bond acceptors (Lipinski definition) is 8. The Bertz CT molecular complexity index is 1070. The molecule has 0 fully saturated rings. The van der Waals surface area contributed by atoms with E-state index in [0.29, 0.717) is 17.9 Å². The fourth-order valence-electron chi connectivity index (χ4n) is 2.80. The third-order valence-corrected chi connectivity index (χ3v) is 4.36. The lowest BCUT2D eigenvalue weighted by Gasteiger charge is -2.21. The van der Waals surface area contributed by atoms with Crippen molar-refractivity contribution in [1.82, 2.24) is 20.2 Å². The summed E-state index contributed by atoms with van der Waals surface area (Å²) in [5.74, 6) is -1.96. The summed E-state index contributed by atoms with van der Waals surface area (Å²) < 4.78 is 16.0. The van der Waals surface area contributed by atoms with Crippen LogP contribution in [0.5, 0.6) is 5.75 Å². The lowest BCUT2D eigenvalue weighted by atomic mass is 10.2. The Morgan fingerprint density at radius 1 is 1.24 bits per heavy atom. The molecule has 2 aromatic rings. The van der Waals surface area contributed by atoms with Gasteiger partial charge in [0.05, 0.1) is 24.8 Å². The van der Waals surface area contributed by atoms with E-state index in [1.807, 2.05) is 6.92 Å². The third kappa shape index (κ3) is 6.60. The first-order chi connectivity index (χ1) is 16.2. The van der Waals surface area contributed by atoms with Gasteiger partial charge < -0.3 is 30.0 Å². The molecule has 0 aliphatic heterocycles. The molecule has 4 N–H and O–H groups in total. The van der Waals surface area contributed by atoms with Crippen molar-refractivity contribution in [2.24, 2.45) is 0 Å². The fraction of sp³-hybridized carbons (Fsp3) is 0.381.